The summed E-state index contributed by atoms with van der Waals surface area (Å²) in [4.78, 5) is 0. The SMILES string of the molecule is C/C=C/[C@@H](O)CCc1ccc(O)c(OC)c1. The Morgan fingerprint density at radius 2 is 2.19 bits per heavy atom. The Kier molecular flexibility index (Phi) is 4.86. The fourth-order valence-corrected chi connectivity index (χ4v) is 1.51. The van der Waals surface area contributed by atoms with Crippen LogP contribution < -0.4 is 4.74 Å². The molecule has 0 saturated carbocycles. The molecule has 0 aromatic heterocycles. The summed E-state index contributed by atoms with van der Waals surface area (Å²) in [5, 5.41) is 18.9. The van der Waals surface area contributed by atoms with E-state index >= 15 is 0 Å². The predicted molar refractivity (Wildman–Crippen MR) is 63.8 cm³/mol. The average molecular weight is 222 g/mol. The zero-order valence-corrected chi connectivity index (χ0v) is 9.68. The van der Waals surface area contributed by atoms with E-state index < -0.39 is 6.10 Å². The van der Waals surface area contributed by atoms with Crippen molar-refractivity contribution in [2.24, 2.45) is 0 Å². The van der Waals surface area contributed by atoms with Crippen LogP contribution in [0.4, 0.5) is 0 Å². The number of phenolic OH excluding ortho intramolecular Hbond substituents is 1. The number of hydrogen-bond acceptors (Lipinski definition) is 3. The van der Waals surface area contributed by atoms with Gasteiger partial charge in [0.15, 0.2) is 11.5 Å². The summed E-state index contributed by atoms with van der Waals surface area (Å²) in [6.45, 7) is 1.88. The summed E-state index contributed by atoms with van der Waals surface area (Å²) in [7, 11) is 1.52. The third kappa shape index (κ3) is 3.59. The van der Waals surface area contributed by atoms with Crippen molar-refractivity contribution in [1.29, 1.82) is 0 Å². The molecule has 0 radical (unpaired) electrons. The van der Waals surface area contributed by atoms with Crippen LogP contribution in [0.15, 0.2) is 30.4 Å². The lowest BCUT2D eigenvalue weighted by Crippen LogP contribution is -2.03. The van der Waals surface area contributed by atoms with Crippen LogP contribution in [0.3, 0.4) is 0 Å². The highest BCUT2D eigenvalue weighted by Crippen LogP contribution is 2.26. The number of aryl methyl sites for hydroxylation is 1. The summed E-state index contributed by atoms with van der Waals surface area (Å²) in [6, 6.07) is 5.23. The summed E-state index contributed by atoms with van der Waals surface area (Å²) in [5.74, 6) is 0.610. The zero-order chi connectivity index (χ0) is 12.0. The van der Waals surface area contributed by atoms with E-state index in [0.29, 0.717) is 12.2 Å². The molecule has 2 N–H and O–H groups in total. The van der Waals surface area contributed by atoms with Crippen LogP contribution in [0.5, 0.6) is 11.5 Å². The van der Waals surface area contributed by atoms with Gasteiger partial charge in [0.1, 0.15) is 0 Å². The highest BCUT2D eigenvalue weighted by molar-refractivity contribution is 5.41. The molecule has 0 amide bonds. The number of benzene rings is 1. The minimum Gasteiger partial charge on any atom is -0.504 e. The molecule has 0 aliphatic carbocycles. The quantitative estimate of drug-likeness (QED) is 0.751. The number of allylic oxidation sites excluding steroid dienone is 1. The number of ether oxygens (including phenoxy) is 1. The van der Waals surface area contributed by atoms with Crippen LogP contribution >= 0.6 is 0 Å². The second-order valence-corrected chi connectivity index (χ2v) is 3.64. The van der Waals surface area contributed by atoms with Crippen LogP contribution in [0.1, 0.15) is 18.9 Å². The molecule has 0 aliphatic heterocycles. The number of methoxy groups -OCH3 is 1. The molecule has 0 heterocycles. The van der Waals surface area contributed by atoms with Crippen LogP contribution in [-0.2, 0) is 6.42 Å². The van der Waals surface area contributed by atoms with Gasteiger partial charge in [0.2, 0.25) is 0 Å². The van der Waals surface area contributed by atoms with Gasteiger partial charge in [0, 0.05) is 0 Å². The monoisotopic (exact) mass is 222 g/mol. The summed E-state index contributed by atoms with van der Waals surface area (Å²) < 4.78 is 5.01. The van der Waals surface area contributed by atoms with Gasteiger partial charge in [-0.15, -0.1) is 0 Å². The van der Waals surface area contributed by atoms with Gasteiger partial charge in [-0.05, 0) is 37.5 Å². The van der Waals surface area contributed by atoms with E-state index in [1.807, 2.05) is 19.1 Å². The molecule has 0 saturated heterocycles. The number of aliphatic hydroxyl groups excluding tert-OH is 1. The van der Waals surface area contributed by atoms with Crippen molar-refractivity contribution >= 4 is 0 Å². The molecule has 0 unspecified atom stereocenters. The molecule has 1 aromatic rings. The van der Waals surface area contributed by atoms with Gasteiger partial charge in [0.25, 0.3) is 0 Å². The first-order valence-corrected chi connectivity index (χ1v) is 5.34. The van der Waals surface area contributed by atoms with E-state index in [1.54, 1.807) is 18.2 Å². The largest absolute Gasteiger partial charge is 0.504 e. The van der Waals surface area contributed by atoms with Gasteiger partial charge in [-0.3, -0.25) is 0 Å². The Balaban J connectivity index is 2.61. The van der Waals surface area contributed by atoms with E-state index in [1.165, 1.54) is 7.11 Å². The minimum absolute atomic E-state index is 0.139. The second kappa shape index (κ2) is 6.18. The van der Waals surface area contributed by atoms with Crippen molar-refractivity contribution in [2.75, 3.05) is 7.11 Å². The normalized spacial score (nSPS) is 12.9. The third-order valence-electron chi connectivity index (χ3n) is 2.39. The Labute approximate surface area is 96.0 Å². The van der Waals surface area contributed by atoms with Crippen molar-refractivity contribution in [3.8, 4) is 11.5 Å². The molecule has 16 heavy (non-hydrogen) atoms. The highest BCUT2D eigenvalue weighted by Gasteiger charge is 2.04. The predicted octanol–water partition coefficient (Wildman–Crippen LogP) is 2.27. The number of aliphatic hydroxyl groups is 1. The lowest BCUT2D eigenvalue weighted by molar-refractivity contribution is 0.213. The molecule has 1 rings (SSSR count). The molecule has 0 aliphatic rings. The summed E-state index contributed by atoms with van der Waals surface area (Å²) in [5.41, 5.74) is 1.04. The van der Waals surface area contributed by atoms with Crippen LogP contribution in [0.2, 0.25) is 0 Å². The molecule has 0 spiro atoms. The maximum atomic E-state index is 9.52. The van der Waals surface area contributed by atoms with Gasteiger partial charge < -0.3 is 14.9 Å². The van der Waals surface area contributed by atoms with E-state index in [0.717, 1.165) is 12.0 Å². The van der Waals surface area contributed by atoms with Crippen LogP contribution in [-0.4, -0.2) is 23.4 Å². The Morgan fingerprint density at radius 1 is 1.44 bits per heavy atom. The van der Waals surface area contributed by atoms with Gasteiger partial charge in [-0.1, -0.05) is 18.2 Å². The van der Waals surface area contributed by atoms with Crippen molar-refractivity contribution < 1.29 is 14.9 Å². The highest BCUT2D eigenvalue weighted by atomic mass is 16.5. The lowest BCUT2D eigenvalue weighted by Gasteiger charge is -2.08. The standard InChI is InChI=1S/C13H18O3/c1-3-4-11(14)7-5-10-6-8-12(15)13(9-10)16-2/h3-4,6,8-9,11,14-15H,5,7H2,1-2H3/b4-3+/t11-/m1/s1. The van der Waals surface area contributed by atoms with E-state index in [-0.39, 0.29) is 5.75 Å². The van der Waals surface area contributed by atoms with Crippen LogP contribution in [0, 0.1) is 0 Å². The molecule has 3 nitrogen and oxygen atoms in total. The Bertz CT molecular complexity index is 358. The van der Waals surface area contributed by atoms with Crippen molar-refractivity contribution in [2.45, 2.75) is 25.9 Å². The smallest absolute Gasteiger partial charge is 0.160 e. The fraction of sp³-hybridized carbons (Fsp3) is 0.385. The topological polar surface area (TPSA) is 49.7 Å². The molecular weight excluding hydrogens is 204 g/mol. The van der Waals surface area contributed by atoms with E-state index in [9.17, 15) is 10.2 Å². The Morgan fingerprint density at radius 3 is 2.81 bits per heavy atom. The number of aromatic hydroxyl groups is 1. The van der Waals surface area contributed by atoms with Crippen LogP contribution in [0.25, 0.3) is 0 Å². The fourth-order valence-electron chi connectivity index (χ4n) is 1.51. The van der Waals surface area contributed by atoms with E-state index in [4.69, 9.17) is 4.74 Å². The molecule has 0 bridgehead atoms. The first-order valence-electron chi connectivity index (χ1n) is 5.34. The molecule has 1 atom stereocenters. The third-order valence-corrected chi connectivity index (χ3v) is 2.39. The molecule has 1 aromatic carbocycles. The van der Waals surface area contributed by atoms with Gasteiger partial charge in [-0.2, -0.15) is 0 Å². The van der Waals surface area contributed by atoms with Gasteiger partial charge in [0.05, 0.1) is 13.2 Å². The minimum atomic E-state index is -0.412. The maximum absolute atomic E-state index is 9.52. The lowest BCUT2D eigenvalue weighted by atomic mass is 10.1. The average Bonchev–Trinajstić information content (AvgIpc) is 2.28. The molecular formula is C13H18O3. The maximum Gasteiger partial charge on any atom is 0.160 e. The summed E-state index contributed by atoms with van der Waals surface area (Å²) >= 11 is 0. The molecule has 0 fully saturated rings. The Hall–Kier alpha value is -1.48. The molecule has 3 heteroatoms. The van der Waals surface area contributed by atoms with Gasteiger partial charge in [-0.25, -0.2) is 0 Å². The first-order chi connectivity index (χ1) is 7.67. The first kappa shape index (κ1) is 12.6. The summed E-state index contributed by atoms with van der Waals surface area (Å²) in [6.07, 6.45) is 4.60. The molecule has 88 valence electrons. The second-order valence-electron chi connectivity index (χ2n) is 3.64. The van der Waals surface area contributed by atoms with E-state index in [2.05, 4.69) is 0 Å². The zero-order valence-electron chi connectivity index (χ0n) is 9.68. The van der Waals surface area contributed by atoms with Crippen molar-refractivity contribution in [3.05, 3.63) is 35.9 Å². The van der Waals surface area contributed by atoms with Gasteiger partial charge >= 0.3 is 0 Å². The number of rotatable bonds is 5. The number of phenols is 1. The van der Waals surface area contributed by atoms with Crippen molar-refractivity contribution in [1.82, 2.24) is 0 Å². The van der Waals surface area contributed by atoms with Crippen molar-refractivity contribution in [3.63, 3.8) is 0 Å². The number of hydrogen-bond donors (Lipinski definition) is 2.